The van der Waals surface area contributed by atoms with Crippen molar-refractivity contribution in [1.29, 1.82) is 0 Å². The Morgan fingerprint density at radius 2 is 1.90 bits per heavy atom. The maximum Gasteiger partial charge on any atom is 0.407 e. The molecule has 5 rings (SSSR count). The van der Waals surface area contributed by atoms with E-state index in [2.05, 4.69) is 9.97 Å². The number of amides is 1. The highest BCUT2D eigenvalue weighted by Crippen LogP contribution is 2.37. The van der Waals surface area contributed by atoms with Crippen LogP contribution in [0, 0.1) is 12.7 Å². The van der Waals surface area contributed by atoms with Gasteiger partial charge in [-0.05, 0) is 55.7 Å². The summed E-state index contributed by atoms with van der Waals surface area (Å²) in [6.45, 7) is 8.45. The van der Waals surface area contributed by atoms with Crippen molar-refractivity contribution >= 4 is 46.1 Å². The summed E-state index contributed by atoms with van der Waals surface area (Å²) in [5.41, 5.74) is 1.84. The Kier molecular flexibility index (Phi) is 7.41. The van der Waals surface area contributed by atoms with Gasteiger partial charge in [0, 0.05) is 42.5 Å². The van der Waals surface area contributed by atoms with Gasteiger partial charge >= 0.3 is 11.8 Å². The minimum absolute atomic E-state index is 0.0298. The lowest BCUT2D eigenvalue weighted by molar-refractivity contribution is 0.136. The highest BCUT2D eigenvalue weighted by atomic mass is 35.5. The van der Waals surface area contributed by atoms with E-state index in [1.807, 2.05) is 32.6 Å². The molecule has 0 saturated carbocycles. The van der Waals surface area contributed by atoms with Crippen LogP contribution in [0.3, 0.4) is 0 Å². The lowest BCUT2D eigenvalue weighted by Gasteiger charge is -2.39. The Labute approximate surface area is 239 Å². The Hall–Kier alpha value is -3.76. The molecule has 1 fully saturated rings. The van der Waals surface area contributed by atoms with Crippen LogP contribution < -0.4 is 10.6 Å². The largest absolute Gasteiger partial charge is 0.465 e. The molecule has 4 aromatic rings. The number of aromatic nitrogens is 4. The molecule has 1 saturated heterocycles. The summed E-state index contributed by atoms with van der Waals surface area (Å²) in [5, 5.41) is 10.4. The summed E-state index contributed by atoms with van der Waals surface area (Å²) in [6.07, 6.45) is 0.676. The smallest absolute Gasteiger partial charge is 0.407 e. The standard InChI is InChI=1S/C28H27Cl2FN6O3/c1-14(2)22-24(15(3)7-8-32-22)37-26-19(12-20(30)23(33-26)18-11-17(29)5-6-21(18)31)25(34-27(37)38)36-10-9-35(28(39)40)13-16(36)4/h5-8,11-12,14,16H,9-10,13H2,1-4H3,(H,39,40). The van der Waals surface area contributed by atoms with Crippen LogP contribution in [-0.4, -0.2) is 61.3 Å². The third kappa shape index (κ3) is 4.86. The van der Waals surface area contributed by atoms with Gasteiger partial charge in [0.2, 0.25) is 0 Å². The fraction of sp³-hybridized carbons (Fsp3) is 0.321. The number of rotatable bonds is 4. The number of hydrogen-bond donors (Lipinski definition) is 1. The number of aryl methyl sites for hydroxylation is 1. The Morgan fingerprint density at radius 3 is 2.58 bits per heavy atom. The van der Waals surface area contributed by atoms with Crippen molar-refractivity contribution in [3.8, 4) is 16.9 Å². The topological polar surface area (TPSA) is 104 Å². The molecule has 1 aliphatic heterocycles. The van der Waals surface area contributed by atoms with Gasteiger partial charge in [0.05, 0.1) is 27.5 Å². The molecular formula is C28H27Cl2FN6O3. The fourth-order valence-corrected chi connectivity index (χ4v) is 5.55. The summed E-state index contributed by atoms with van der Waals surface area (Å²) in [4.78, 5) is 42.5. The van der Waals surface area contributed by atoms with Gasteiger partial charge in [-0.2, -0.15) is 4.98 Å². The summed E-state index contributed by atoms with van der Waals surface area (Å²) in [6, 6.07) is 7.23. The van der Waals surface area contributed by atoms with Crippen LogP contribution in [-0.2, 0) is 0 Å². The quantitative estimate of drug-likeness (QED) is 0.318. The highest BCUT2D eigenvalue weighted by Gasteiger charge is 2.31. The van der Waals surface area contributed by atoms with E-state index >= 15 is 0 Å². The molecule has 1 unspecified atom stereocenters. The third-order valence-corrected chi connectivity index (χ3v) is 7.60. The van der Waals surface area contributed by atoms with Crippen molar-refractivity contribution in [2.45, 2.75) is 39.7 Å². The molecule has 1 aromatic carbocycles. The van der Waals surface area contributed by atoms with E-state index < -0.39 is 17.6 Å². The molecule has 9 nitrogen and oxygen atoms in total. The van der Waals surface area contributed by atoms with Gasteiger partial charge in [-0.25, -0.2) is 23.5 Å². The number of anilines is 1. The Balaban J connectivity index is 1.85. The SMILES string of the molecule is Cc1ccnc(C(C)C)c1-n1c(=O)nc(N2CCN(C(=O)O)CC2C)c2cc(Cl)c(-c3cc(Cl)ccc3F)nc21. The first-order valence-electron chi connectivity index (χ1n) is 12.8. The molecule has 4 heterocycles. The first kappa shape index (κ1) is 27.8. The zero-order chi connectivity index (χ0) is 28.9. The second-order valence-corrected chi connectivity index (χ2v) is 11.0. The number of halogens is 3. The molecule has 0 bridgehead atoms. The summed E-state index contributed by atoms with van der Waals surface area (Å²) < 4.78 is 16.4. The predicted molar refractivity (Wildman–Crippen MR) is 154 cm³/mol. The molecule has 0 radical (unpaired) electrons. The minimum atomic E-state index is -1.01. The van der Waals surface area contributed by atoms with E-state index in [-0.39, 0.29) is 47.0 Å². The van der Waals surface area contributed by atoms with Crippen molar-refractivity contribution in [2.75, 3.05) is 24.5 Å². The average molecular weight is 585 g/mol. The second-order valence-electron chi connectivity index (χ2n) is 10.2. The predicted octanol–water partition coefficient (Wildman–Crippen LogP) is 5.91. The van der Waals surface area contributed by atoms with Crippen molar-refractivity contribution < 1.29 is 14.3 Å². The van der Waals surface area contributed by atoms with Gasteiger partial charge in [0.25, 0.3) is 0 Å². The van der Waals surface area contributed by atoms with Gasteiger partial charge < -0.3 is 14.9 Å². The molecule has 40 heavy (non-hydrogen) atoms. The zero-order valence-electron chi connectivity index (χ0n) is 22.3. The number of benzene rings is 1. The van der Waals surface area contributed by atoms with Crippen LogP contribution in [0.15, 0.2) is 41.3 Å². The molecule has 1 N–H and O–H groups in total. The van der Waals surface area contributed by atoms with Crippen molar-refractivity contribution in [3.63, 3.8) is 0 Å². The first-order chi connectivity index (χ1) is 19.0. The molecule has 0 aliphatic carbocycles. The number of hydrogen-bond acceptors (Lipinski definition) is 6. The van der Waals surface area contributed by atoms with Gasteiger partial charge in [-0.3, -0.25) is 4.98 Å². The van der Waals surface area contributed by atoms with Crippen LogP contribution in [0.5, 0.6) is 0 Å². The molecule has 3 aromatic heterocycles. The Bertz CT molecular complexity index is 1710. The molecule has 1 aliphatic rings. The maximum atomic E-state index is 15.0. The van der Waals surface area contributed by atoms with E-state index in [1.165, 1.54) is 27.7 Å². The third-order valence-electron chi connectivity index (χ3n) is 7.08. The van der Waals surface area contributed by atoms with Crippen molar-refractivity contribution in [1.82, 2.24) is 24.4 Å². The monoisotopic (exact) mass is 584 g/mol. The summed E-state index contributed by atoms with van der Waals surface area (Å²) >= 11 is 12.9. The number of carbonyl (C=O) groups is 1. The van der Waals surface area contributed by atoms with Gasteiger partial charge in [-0.1, -0.05) is 37.0 Å². The van der Waals surface area contributed by atoms with Gasteiger partial charge in [0.15, 0.2) is 5.65 Å². The average Bonchev–Trinajstić information content (AvgIpc) is 2.90. The number of piperazine rings is 1. The molecule has 208 valence electrons. The number of pyridine rings is 2. The fourth-order valence-electron chi connectivity index (χ4n) is 5.12. The molecule has 0 spiro atoms. The highest BCUT2D eigenvalue weighted by molar-refractivity contribution is 6.34. The number of carboxylic acid groups (broad SMARTS) is 1. The van der Waals surface area contributed by atoms with E-state index in [9.17, 15) is 19.1 Å². The molecule has 1 atom stereocenters. The van der Waals surface area contributed by atoms with Gasteiger partial charge in [0.1, 0.15) is 11.6 Å². The van der Waals surface area contributed by atoms with E-state index in [4.69, 9.17) is 28.2 Å². The number of fused-ring (bicyclic) bond motifs is 1. The summed E-state index contributed by atoms with van der Waals surface area (Å²) in [5.74, 6) is -0.271. The molecular weight excluding hydrogens is 558 g/mol. The van der Waals surface area contributed by atoms with Crippen molar-refractivity contribution in [2.24, 2.45) is 0 Å². The minimum Gasteiger partial charge on any atom is -0.465 e. The molecule has 1 amide bonds. The van der Waals surface area contributed by atoms with Crippen LogP contribution in [0.1, 0.15) is 37.9 Å². The lowest BCUT2D eigenvalue weighted by Crippen LogP contribution is -2.54. The van der Waals surface area contributed by atoms with Crippen LogP contribution in [0.25, 0.3) is 28.0 Å². The van der Waals surface area contributed by atoms with Crippen molar-refractivity contribution in [3.05, 3.63) is 74.1 Å². The second kappa shape index (κ2) is 10.7. The van der Waals surface area contributed by atoms with Gasteiger partial charge in [-0.15, -0.1) is 0 Å². The summed E-state index contributed by atoms with van der Waals surface area (Å²) in [7, 11) is 0. The zero-order valence-corrected chi connectivity index (χ0v) is 23.8. The maximum absolute atomic E-state index is 15.0. The number of nitrogens with zero attached hydrogens (tertiary/aromatic N) is 6. The van der Waals surface area contributed by atoms with Crippen LogP contribution >= 0.6 is 23.2 Å². The first-order valence-corrected chi connectivity index (χ1v) is 13.5. The molecule has 12 heteroatoms. The van der Waals surface area contributed by atoms with Crippen LogP contribution in [0.2, 0.25) is 10.0 Å². The Morgan fingerprint density at radius 1 is 1.15 bits per heavy atom. The van der Waals surface area contributed by atoms with Crippen LogP contribution in [0.4, 0.5) is 15.0 Å². The van der Waals surface area contributed by atoms with E-state index in [1.54, 1.807) is 18.3 Å². The lowest BCUT2D eigenvalue weighted by atomic mass is 10.0. The normalized spacial score (nSPS) is 15.8. The van der Waals surface area contributed by atoms with E-state index in [0.717, 1.165) is 5.56 Å². The van der Waals surface area contributed by atoms with E-state index in [0.29, 0.717) is 34.2 Å².